The Balaban J connectivity index is 1.80. The van der Waals surface area contributed by atoms with Crippen molar-refractivity contribution in [2.45, 2.75) is 20.8 Å². The second kappa shape index (κ2) is 7.78. The molecule has 0 spiro atoms. The normalized spacial score (nSPS) is 10.4. The minimum absolute atomic E-state index is 0.211. The van der Waals surface area contributed by atoms with E-state index in [1.165, 1.54) is 0 Å². The number of aromatic nitrogens is 2. The summed E-state index contributed by atoms with van der Waals surface area (Å²) in [6, 6.07) is 15.9. The first kappa shape index (κ1) is 17.6. The Morgan fingerprint density at radius 2 is 1.58 bits per heavy atom. The number of carbonyl (C=O) groups excluding carboxylic acids is 1. The maximum atomic E-state index is 12.5. The molecule has 3 aromatic rings. The lowest BCUT2D eigenvalue weighted by molar-refractivity contribution is 0.102. The van der Waals surface area contributed by atoms with Crippen LogP contribution in [-0.4, -0.2) is 22.4 Å². The fourth-order valence-electron chi connectivity index (χ4n) is 2.82. The number of aryl methyl sites for hydroxylation is 2. The van der Waals surface area contributed by atoms with E-state index in [9.17, 15) is 4.79 Å². The lowest BCUT2D eigenvalue weighted by atomic mass is 10.1. The second-order valence-corrected chi connectivity index (χ2v) is 6.07. The summed E-state index contributed by atoms with van der Waals surface area (Å²) in [5.41, 5.74) is 4.33. The van der Waals surface area contributed by atoms with Gasteiger partial charge in [-0.1, -0.05) is 36.4 Å². The van der Waals surface area contributed by atoms with Crippen molar-refractivity contribution < 1.29 is 4.79 Å². The molecular formula is C21H22N4O. The third kappa shape index (κ3) is 3.72. The van der Waals surface area contributed by atoms with Crippen molar-refractivity contribution >= 4 is 23.2 Å². The van der Waals surface area contributed by atoms with Gasteiger partial charge < -0.3 is 10.2 Å². The van der Waals surface area contributed by atoms with E-state index in [0.29, 0.717) is 11.5 Å². The zero-order valence-electron chi connectivity index (χ0n) is 15.2. The molecular weight excluding hydrogens is 324 g/mol. The molecule has 0 saturated carbocycles. The summed E-state index contributed by atoms with van der Waals surface area (Å²) < 4.78 is 0. The van der Waals surface area contributed by atoms with Crippen LogP contribution in [0.15, 0.2) is 60.9 Å². The summed E-state index contributed by atoms with van der Waals surface area (Å²) in [6.45, 7) is 6.72. The SMILES string of the molecule is CCN(c1ccccc1)c1ncc(C(=O)Nc2c(C)cccc2C)cn1. The molecule has 0 atom stereocenters. The molecule has 0 saturated heterocycles. The molecule has 132 valence electrons. The van der Waals surface area contributed by atoms with Gasteiger partial charge in [0.25, 0.3) is 5.91 Å². The number of hydrogen-bond acceptors (Lipinski definition) is 4. The van der Waals surface area contributed by atoms with Gasteiger partial charge in [0.1, 0.15) is 0 Å². The number of nitrogens with zero attached hydrogens (tertiary/aromatic N) is 3. The number of anilines is 3. The van der Waals surface area contributed by atoms with Gasteiger partial charge in [-0.2, -0.15) is 0 Å². The molecule has 1 heterocycles. The van der Waals surface area contributed by atoms with E-state index in [1.807, 2.05) is 74.2 Å². The average Bonchev–Trinajstić information content (AvgIpc) is 2.67. The van der Waals surface area contributed by atoms with Gasteiger partial charge >= 0.3 is 0 Å². The fourth-order valence-corrected chi connectivity index (χ4v) is 2.82. The first-order valence-corrected chi connectivity index (χ1v) is 8.62. The number of amides is 1. The lowest BCUT2D eigenvalue weighted by Crippen LogP contribution is -2.20. The van der Waals surface area contributed by atoms with Crippen LogP contribution < -0.4 is 10.2 Å². The topological polar surface area (TPSA) is 58.1 Å². The summed E-state index contributed by atoms with van der Waals surface area (Å²) in [5, 5.41) is 2.96. The molecule has 5 nitrogen and oxygen atoms in total. The van der Waals surface area contributed by atoms with E-state index in [1.54, 1.807) is 12.4 Å². The van der Waals surface area contributed by atoms with E-state index in [2.05, 4.69) is 15.3 Å². The predicted octanol–water partition coefficient (Wildman–Crippen LogP) is 4.50. The van der Waals surface area contributed by atoms with Crippen molar-refractivity contribution in [2.24, 2.45) is 0 Å². The fraction of sp³-hybridized carbons (Fsp3) is 0.190. The molecule has 26 heavy (non-hydrogen) atoms. The monoisotopic (exact) mass is 346 g/mol. The zero-order valence-corrected chi connectivity index (χ0v) is 15.2. The molecule has 0 aliphatic heterocycles. The minimum atomic E-state index is -0.211. The van der Waals surface area contributed by atoms with Crippen molar-refractivity contribution in [1.82, 2.24) is 9.97 Å². The Kier molecular flexibility index (Phi) is 5.27. The molecule has 0 radical (unpaired) electrons. The largest absolute Gasteiger partial charge is 0.321 e. The number of hydrogen-bond donors (Lipinski definition) is 1. The summed E-state index contributed by atoms with van der Waals surface area (Å²) in [4.78, 5) is 23.3. The molecule has 0 fully saturated rings. The molecule has 2 aromatic carbocycles. The van der Waals surface area contributed by atoms with Gasteiger partial charge in [-0.05, 0) is 44.0 Å². The molecule has 1 amide bonds. The number of benzene rings is 2. The Morgan fingerprint density at radius 3 is 2.15 bits per heavy atom. The molecule has 3 rings (SSSR count). The van der Waals surface area contributed by atoms with Gasteiger partial charge in [-0.15, -0.1) is 0 Å². The highest BCUT2D eigenvalue weighted by molar-refractivity contribution is 6.04. The summed E-state index contributed by atoms with van der Waals surface area (Å²) in [6.07, 6.45) is 3.13. The molecule has 0 bridgehead atoms. The maximum Gasteiger partial charge on any atom is 0.258 e. The zero-order chi connectivity index (χ0) is 18.5. The lowest BCUT2D eigenvalue weighted by Gasteiger charge is -2.20. The quantitative estimate of drug-likeness (QED) is 0.739. The standard InChI is InChI=1S/C21H22N4O/c1-4-25(18-11-6-5-7-12-18)21-22-13-17(14-23-21)20(26)24-19-15(2)9-8-10-16(19)3/h5-14H,4H2,1-3H3,(H,24,26). The van der Waals surface area contributed by atoms with Crippen LogP contribution in [0.5, 0.6) is 0 Å². The van der Waals surface area contributed by atoms with Crippen LogP contribution in [0.25, 0.3) is 0 Å². The van der Waals surface area contributed by atoms with Crippen LogP contribution in [-0.2, 0) is 0 Å². The van der Waals surface area contributed by atoms with E-state index in [0.717, 1.165) is 29.0 Å². The summed E-state index contributed by atoms with van der Waals surface area (Å²) in [7, 11) is 0. The Morgan fingerprint density at radius 1 is 0.962 bits per heavy atom. The van der Waals surface area contributed by atoms with Gasteiger partial charge in [0.15, 0.2) is 0 Å². The van der Waals surface area contributed by atoms with Crippen molar-refractivity contribution in [3.63, 3.8) is 0 Å². The van der Waals surface area contributed by atoms with E-state index < -0.39 is 0 Å². The smallest absolute Gasteiger partial charge is 0.258 e. The van der Waals surface area contributed by atoms with Crippen LogP contribution in [0.3, 0.4) is 0 Å². The van der Waals surface area contributed by atoms with Crippen molar-refractivity contribution in [3.8, 4) is 0 Å². The van der Waals surface area contributed by atoms with Gasteiger partial charge in [0.05, 0.1) is 5.56 Å². The van der Waals surface area contributed by atoms with Crippen LogP contribution in [0, 0.1) is 13.8 Å². The third-order valence-electron chi connectivity index (χ3n) is 4.25. The Hall–Kier alpha value is -3.21. The van der Waals surface area contributed by atoms with E-state index in [-0.39, 0.29) is 5.91 Å². The first-order chi connectivity index (χ1) is 12.6. The number of nitrogens with one attached hydrogen (secondary N) is 1. The summed E-state index contributed by atoms with van der Waals surface area (Å²) >= 11 is 0. The van der Waals surface area contributed by atoms with Crippen LogP contribution >= 0.6 is 0 Å². The molecule has 0 unspecified atom stereocenters. The maximum absolute atomic E-state index is 12.5. The second-order valence-electron chi connectivity index (χ2n) is 6.07. The molecule has 5 heteroatoms. The summed E-state index contributed by atoms with van der Waals surface area (Å²) in [5.74, 6) is 0.360. The number of rotatable bonds is 5. The van der Waals surface area contributed by atoms with Gasteiger partial charge in [0.2, 0.25) is 5.95 Å². The average molecular weight is 346 g/mol. The molecule has 0 aliphatic rings. The number of carbonyl (C=O) groups is 1. The number of para-hydroxylation sites is 2. The minimum Gasteiger partial charge on any atom is -0.321 e. The van der Waals surface area contributed by atoms with Crippen LogP contribution in [0.1, 0.15) is 28.4 Å². The Labute approximate surface area is 153 Å². The van der Waals surface area contributed by atoms with Gasteiger partial charge in [-0.3, -0.25) is 4.79 Å². The third-order valence-corrected chi connectivity index (χ3v) is 4.25. The predicted molar refractivity (Wildman–Crippen MR) is 105 cm³/mol. The van der Waals surface area contributed by atoms with E-state index >= 15 is 0 Å². The van der Waals surface area contributed by atoms with Crippen molar-refractivity contribution in [3.05, 3.63) is 77.6 Å². The highest BCUT2D eigenvalue weighted by atomic mass is 16.1. The first-order valence-electron chi connectivity index (χ1n) is 8.62. The molecule has 1 N–H and O–H groups in total. The van der Waals surface area contributed by atoms with Crippen molar-refractivity contribution in [1.29, 1.82) is 0 Å². The highest BCUT2D eigenvalue weighted by Gasteiger charge is 2.13. The Bertz CT molecular complexity index is 871. The van der Waals surface area contributed by atoms with Crippen molar-refractivity contribution in [2.75, 3.05) is 16.8 Å². The van der Waals surface area contributed by atoms with E-state index in [4.69, 9.17) is 0 Å². The van der Waals surface area contributed by atoms with Gasteiger partial charge in [0, 0.05) is 30.3 Å². The molecule has 1 aromatic heterocycles. The highest BCUT2D eigenvalue weighted by Crippen LogP contribution is 2.22. The van der Waals surface area contributed by atoms with Gasteiger partial charge in [-0.25, -0.2) is 9.97 Å². The van der Waals surface area contributed by atoms with Crippen LogP contribution in [0.2, 0.25) is 0 Å². The molecule has 0 aliphatic carbocycles. The van der Waals surface area contributed by atoms with Crippen LogP contribution in [0.4, 0.5) is 17.3 Å².